The van der Waals surface area contributed by atoms with Crippen LogP contribution in [0.15, 0.2) is 48.6 Å². The molecule has 2 fully saturated rings. The lowest BCUT2D eigenvalue weighted by Gasteiger charge is -2.35. The molecule has 2 aromatic rings. The number of aliphatic hydroxyl groups is 1. The first-order valence-corrected chi connectivity index (χ1v) is 10.8. The molecular formula is C25H22O11. The van der Waals surface area contributed by atoms with Crippen LogP contribution < -0.4 is 0 Å². The van der Waals surface area contributed by atoms with Crippen molar-refractivity contribution >= 4 is 30.1 Å². The first-order chi connectivity index (χ1) is 17.0. The number of carbonyl (C=O) groups is 3. The van der Waals surface area contributed by atoms with Crippen LogP contribution in [0.5, 0.6) is 23.0 Å². The summed E-state index contributed by atoms with van der Waals surface area (Å²) in [7, 11) is 0. The Labute approximate surface area is 204 Å². The summed E-state index contributed by atoms with van der Waals surface area (Å²) in [6.07, 6.45) is 0.764. The maximum Gasteiger partial charge on any atom is 0.338 e. The van der Waals surface area contributed by atoms with Crippen molar-refractivity contribution in [3.63, 3.8) is 0 Å². The van der Waals surface area contributed by atoms with Crippen LogP contribution in [0.25, 0.3) is 12.2 Å². The molecule has 1 saturated carbocycles. The number of hydrogen-bond acceptors (Lipinski definition) is 11. The average Bonchev–Trinajstić information content (AvgIpc) is 3.07. The predicted octanol–water partition coefficient (Wildman–Crippen LogP) is 1.51. The summed E-state index contributed by atoms with van der Waals surface area (Å²) in [4.78, 5) is 37.0. The Kier molecular flexibility index (Phi) is 6.58. The zero-order valence-electron chi connectivity index (χ0n) is 18.6. The lowest BCUT2D eigenvalue weighted by atomic mass is 9.82. The smallest absolute Gasteiger partial charge is 0.338 e. The Morgan fingerprint density at radius 2 is 1.36 bits per heavy atom. The van der Waals surface area contributed by atoms with Gasteiger partial charge < -0.3 is 39.7 Å². The molecule has 0 spiro atoms. The lowest BCUT2D eigenvalue weighted by molar-refractivity contribution is -0.178. The van der Waals surface area contributed by atoms with E-state index in [2.05, 4.69) is 0 Å². The van der Waals surface area contributed by atoms with Crippen LogP contribution in [0.4, 0.5) is 0 Å². The molecular weight excluding hydrogens is 476 g/mol. The summed E-state index contributed by atoms with van der Waals surface area (Å²) in [5.74, 6) is -4.05. The summed E-state index contributed by atoms with van der Waals surface area (Å²) in [5.41, 5.74) is -1.11. The Balaban J connectivity index is 1.46. The molecule has 11 heteroatoms. The Morgan fingerprint density at radius 3 is 1.89 bits per heavy atom. The van der Waals surface area contributed by atoms with Gasteiger partial charge in [0.1, 0.15) is 12.2 Å². The van der Waals surface area contributed by atoms with Crippen molar-refractivity contribution in [2.75, 3.05) is 0 Å². The summed E-state index contributed by atoms with van der Waals surface area (Å²) < 4.78 is 15.9. The highest BCUT2D eigenvalue weighted by Gasteiger charge is 2.60. The third-order valence-electron chi connectivity index (χ3n) is 5.79. The van der Waals surface area contributed by atoms with Crippen molar-refractivity contribution in [2.24, 2.45) is 0 Å². The average molecular weight is 498 g/mol. The molecule has 36 heavy (non-hydrogen) atoms. The number of phenolic OH excluding ortho intramolecular Hbond substituents is 4. The molecule has 5 N–H and O–H groups in total. The second kappa shape index (κ2) is 9.62. The second-order valence-electron chi connectivity index (χ2n) is 8.42. The van der Waals surface area contributed by atoms with Crippen molar-refractivity contribution < 1.29 is 54.1 Å². The molecule has 188 valence electrons. The molecule has 4 atom stereocenters. The van der Waals surface area contributed by atoms with E-state index < -0.39 is 41.8 Å². The molecule has 11 nitrogen and oxygen atoms in total. The minimum atomic E-state index is -1.88. The predicted molar refractivity (Wildman–Crippen MR) is 121 cm³/mol. The Bertz CT molecular complexity index is 1260. The first kappa shape index (κ1) is 24.6. The molecule has 0 aromatic heterocycles. The number of phenols is 4. The van der Waals surface area contributed by atoms with Gasteiger partial charge in [0, 0.05) is 25.0 Å². The van der Waals surface area contributed by atoms with Gasteiger partial charge in [-0.05, 0) is 47.5 Å². The number of benzene rings is 2. The normalized spacial score (nSPS) is 25.1. The second-order valence-corrected chi connectivity index (χ2v) is 8.42. The third kappa shape index (κ3) is 5.26. The van der Waals surface area contributed by atoms with Gasteiger partial charge in [-0.2, -0.15) is 0 Å². The van der Waals surface area contributed by atoms with E-state index in [1.165, 1.54) is 48.6 Å². The summed E-state index contributed by atoms with van der Waals surface area (Å²) >= 11 is 0. The Hall–Kier alpha value is -4.51. The molecule has 2 bridgehead atoms. The fourth-order valence-electron chi connectivity index (χ4n) is 3.98. The van der Waals surface area contributed by atoms with Gasteiger partial charge in [-0.15, -0.1) is 0 Å². The monoisotopic (exact) mass is 498 g/mol. The molecule has 1 heterocycles. The number of ether oxygens (including phenoxy) is 3. The molecule has 0 amide bonds. The number of aromatic hydroxyl groups is 4. The van der Waals surface area contributed by atoms with Crippen molar-refractivity contribution in [3.05, 3.63) is 59.7 Å². The van der Waals surface area contributed by atoms with E-state index in [1.807, 2.05) is 0 Å². The van der Waals surface area contributed by atoms with E-state index in [-0.39, 0.29) is 35.8 Å². The molecule has 2 aromatic carbocycles. The SMILES string of the molecule is O=C(/C=C/c1ccc(O)c(O)c1)O[C@@H]1[C@H](OC(=O)/C=C/c2ccc(O)c(O)c2)C[C@]2(O)C[C@H]1OC2=O. The van der Waals surface area contributed by atoms with Gasteiger partial charge in [0.2, 0.25) is 0 Å². The maximum atomic E-state index is 12.5. The van der Waals surface area contributed by atoms with E-state index in [1.54, 1.807) is 0 Å². The van der Waals surface area contributed by atoms with Crippen LogP contribution in [0, 0.1) is 0 Å². The van der Waals surface area contributed by atoms with Crippen LogP contribution >= 0.6 is 0 Å². The fraction of sp³-hybridized carbons (Fsp3) is 0.240. The number of hydrogen-bond donors (Lipinski definition) is 5. The molecule has 2 aliphatic rings. The first-order valence-electron chi connectivity index (χ1n) is 10.8. The number of carbonyl (C=O) groups excluding carboxylic acids is 3. The highest BCUT2D eigenvalue weighted by Crippen LogP contribution is 2.41. The maximum absolute atomic E-state index is 12.5. The third-order valence-corrected chi connectivity index (χ3v) is 5.79. The van der Waals surface area contributed by atoms with Crippen molar-refractivity contribution in [1.82, 2.24) is 0 Å². The van der Waals surface area contributed by atoms with Crippen LogP contribution in [-0.4, -0.2) is 67.4 Å². The van der Waals surface area contributed by atoms with Crippen molar-refractivity contribution in [2.45, 2.75) is 36.8 Å². The topological polar surface area (TPSA) is 180 Å². The molecule has 1 saturated heterocycles. The number of rotatable bonds is 6. The highest BCUT2D eigenvalue weighted by atomic mass is 16.6. The van der Waals surface area contributed by atoms with Gasteiger partial charge in [0.15, 0.2) is 34.7 Å². The van der Waals surface area contributed by atoms with Gasteiger partial charge in [0.05, 0.1) is 0 Å². The van der Waals surface area contributed by atoms with Gasteiger partial charge >= 0.3 is 17.9 Å². The van der Waals surface area contributed by atoms with Crippen molar-refractivity contribution in [3.8, 4) is 23.0 Å². The molecule has 1 aliphatic heterocycles. The fourth-order valence-corrected chi connectivity index (χ4v) is 3.98. The quantitative estimate of drug-likeness (QED) is 0.169. The van der Waals surface area contributed by atoms with Gasteiger partial charge in [-0.3, -0.25) is 0 Å². The van der Waals surface area contributed by atoms with Crippen LogP contribution in [0.2, 0.25) is 0 Å². The van der Waals surface area contributed by atoms with Crippen LogP contribution in [0.1, 0.15) is 24.0 Å². The lowest BCUT2D eigenvalue weighted by Crippen LogP contribution is -2.51. The van der Waals surface area contributed by atoms with E-state index in [4.69, 9.17) is 14.2 Å². The summed E-state index contributed by atoms with van der Waals surface area (Å²) in [5, 5.41) is 48.4. The van der Waals surface area contributed by atoms with E-state index in [9.17, 15) is 39.9 Å². The largest absolute Gasteiger partial charge is 0.504 e. The van der Waals surface area contributed by atoms with Crippen molar-refractivity contribution in [1.29, 1.82) is 0 Å². The van der Waals surface area contributed by atoms with E-state index >= 15 is 0 Å². The van der Waals surface area contributed by atoms with Crippen LogP contribution in [-0.2, 0) is 28.6 Å². The Morgan fingerprint density at radius 1 is 0.833 bits per heavy atom. The molecule has 1 aliphatic carbocycles. The zero-order chi connectivity index (χ0) is 26.0. The number of esters is 3. The van der Waals surface area contributed by atoms with E-state index in [0.29, 0.717) is 11.1 Å². The number of fused-ring (bicyclic) bond motifs is 2. The minimum absolute atomic E-state index is 0.143. The summed E-state index contributed by atoms with van der Waals surface area (Å²) in [6.45, 7) is 0. The highest BCUT2D eigenvalue weighted by molar-refractivity contribution is 5.89. The van der Waals surface area contributed by atoms with Gasteiger partial charge in [-0.1, -0.05) is 12.1 Å². The molecule has 4 rings (SSSR count). The molecule has 0 unspecified atom stereocenters. The summed E-state index contributed by atoms with van der Waals surface area (Å²) in [6, 6.07) is 7.81. The minimum Gasteiger partial charge on any atom is -0.504 e. The zero-order valence-corrected chi connectivity index (χ0v) is 18.6. The van der Waals surface area contributed by atoms with E-state index in [0.717, 1.165) is 12.2 Å². The van der Waals surface area contributed by atoms with Crippen LogP contribution in [0.3, 0.4) is 0 Å². The standard InChI is InChI=1S/C25H22O11/c26-15-5-1-13(9-17(15)28)3-7-21(30)34-19-11-25(33)12-20(35-24(25)32)23(19)36-22(31)8-4-14-2-6-16(27)18(29)10-14/h1-10,19-20,23,26-29,33H,11-12H2/b7-3+,8-4+/t19-,20-,23-,25+/m1/s1. The van der Waals surface area contributed by atoms with Gasteiger partial charge in [-0.25, -0.2) is 14.4 Å². The molecule has 0 radical (unpaired) electrons. The van der Waals surface area contributed by atoms with Gasteiger partial charge in [0.25, 0.3) is 0 Å².